The first-order valence-corrected chi connectivity index (χ1v) is 8.85. The van der Waals surface area contributed by atoms with Gasteiger partial charge in [-0.1, -0.05) is 24.0 Å². The number of hydrogen-bond acceptors (Lipinski definition) is 6. The number of thioether (sulfide) groups is 2. The molecule has 0 aromatic carbocycles. The van der Waals surface area contributed by atoms with Crippen LogP contribution in [-0.4, -0.2) is 51.3 Å². The average molecular weight is 343 g/mol. The van der Waals surface area contributed by atoms with Gasteiger partial charge in [-0.3, -0.25) is 14.5 Å². The number of nitrogens with zero attached hydrogens (tertiary/aromatic N) is 2. The number of thiocarbonyl (C=S) groups is 1. The lowest BCUT2D eigenvalue weighted by molar-refractivity contribution is -0.122. The highest BCUT2D eigenvalue weighted by Crippen LogP contribution is 2.32. The van der Waals surface area contributed by atoms with Gasteiger partial charge in [0.2, 0.25) is 5.91 Å². The Morgan fingerprint density at radius 2 is 2.24 bits per heavy atom. The molecule has 8 heteroatoms. The van der Waals surface area contributed by atoms with E-state index in [4.69, 9.17) is 18.0 Å². The molecule has 5 nitrogen and oxygen atoms in total. The van der Waals surface area contributed by atoms with Crippen LogP contribution in [0.4, 0.5) is 0 Å². The molecule has 0 spiro atoms. The second kappa shape index (κ2) is 7.33. The molecule has 2 amide bonds. The number of carbonyl (C=O) groups is 2. The van der Waals surface area contributed by atoms with Crippen LogP contribution in [-0.2, 0) is 9.59 Å². The third-order valence-corrected chi connectivity index (χ3v) is 5.59. The summed E-state index contributed by atoms with van der Waals surface area (Å²) in [6.07, 6.45) is 4.09. The van der Waals surface area contributed by atoms with Crippen LogP contribution in [0.25, 0.3) is 0 Å². The van der Waals surface area contributed by atoms with Gasteiger partial charge in [-0.15, -0.1) is 11.8 Å². The molecule has 0 atom stereocenters. The SMILES string of the molecule is CCN1C(=O)/C(=C\C=C2\SCCN2CCC(N)=O)SC1=S. The minimum Gasteiger partial charge on any atom is -0.370 e. The van der Waals surface area contributed by atoms with Crippen LogP contribution in [0.15, 0.2) is 22.1 Å². The molecule has 0 radical (unpaired) electrons. The van der Waals surface area contributed by atoms with Crippen molar-refractivity contribution in [3.8, 4) is 0 Å². The largest absolute Gasteiger partial charge is 0.370 e. The van der Waals surface area contributed by atoms with Gasteiger partial charge >= 0.3 is 0 Å². The van der Waals surface area contributed by atoms with Crippen molar-refractivity contribution in [2.45, 2.75) is 13.3 Å². The molecule has 2 saturated heterocycles. The molecule has 0 aromatic heterocycles. The van der Waals surface area contributed by atoms with E-state index in [1.807, 2.05) is 19.1 Å². The lowest BCUT2D eigenvalue weighted by Crippen LogP contribution is -2.27. The van der Waals surface area contributed by atoms with Crippen molar-refractivity contribution >= 4 is 51.9 Å². The Hall–Kier alpha value is -0.990. The van der Waals surface area contributed by atoms with E-state index >= 15 is 0 Å². The van der Waals surface area contributed by atoms with E-state index in [0.717, 1.165) is 17.3 Å². The molecule has 21 heavy (non-hydrogen) atoms. The molecule has 2 heterocycles. The normalized spacial score (nSPS) is 22.9. The van der Waals surface area contributed by atoms with Gasteiger partial charge in [-0.2, -0.15) is 0 Å². The third-order valence-electron chi connectivity index (χ3n) is 3.12. The summed E-state index contributed by atoms with van der Waals surface area (Å²) in [5.74, 6) is 0.653. The minimum atomic E-state index is -0.296. The van der Waals surface area contributed by atoms with Gasteiger partial charge in [0.05, 0.1) is 9.93 Å². The van der Waals surface area contributed by atoms with E-state index in [0.29, 0.717) is 28.7 Å². The van der Waals surface area contributed by atoms with E-state index in [-0.39, 0.29) is 11.8 Å². The standard InChI is InChI=1S/C13H17N3O2S3/c1-2-16-12(18)9(21-13(16)19)3-4-11-15(7-8-20-11)6-5-10(14)17/h3-4H,2,5-8H2,1H3,(H2,14,17)/b9-3+,11-4+. The Bertz CT molecular complexity index is 531. The number of carbonyl (C=O) groups excluding carboxylic acids is 2. The number of hydrogen-bond donors (Lipinski definition) is 1. The van der Waals surface area contributed by atoms with Crippen LogP contribution < -0.4 is 5.73 Å². The number of nitrogens with two attached hydrogens (primary N) is 1. The van der Waals surface area contributed by atoms with Crippen LogP contribution in [0.2, 0.25) is 0 Å². The summed E-state index contributed by atoms with van der Waals surface area (Å²) >= 11 is 8.22. The molecule has 114 valence electrons. The molecule has 0 bridgehead atoms. The molecule has 0 saturated carbocycles. The fraction of sp³-hybridized carbons (Fsp3) is 0.462. The first-order chi connectivity index (χ1) is 10.0. The summed E-state index contributed by atoms with van der Waals surface area (Å²) in [5.41, 5.74) is 5.18. The van der Waals surface area contributed by atoms with Crippen molar-refractivity contribution in [2.75, 3.05) is 25.4 Å². The molecule has 0 unspecified atom stereocenters. The van der Waals surface area contributed by atoms with Gasteiger partial charge in [0.15, 0.2) is 0 Å². The number of allylic oxidation sites excluding steroid dienone is 2. The van der Waals surface area contributed by atoms with Gasteiger partial charge in [0.25, 0.3) is 5.91 Å². The fourth-order valence-electron chi connectivity index (χ4n) is 2.02. The first kappa shape index (κ1) is 16.4. The maximum absolute atomic E-state index is 12.1. The molecule has 0 aromatic rings. The predicted molar refractivity (Wildman–Crippen MR) is 91.6 cm³/mol. The van der Waals surface area contributed by atoms with Gasteiger partial charge in [-0.25, -0.2) is 0 Å². The van der Waals surface area contributed by atoms with Crippen LogP contribution in [0, 0.1) is 0 Å². The Labute approximate surface area is 138 Å². The van der Waals surface area contributed by atoms with Crippen LogP contribution in [0.5, 0.6) is 0 Å². The van der Waals surface area contributed by atoms with Gasteiger partial charge < -0.3 is 10.6 Å². The Morgan fingerprint density at radius 3 is 2.86 bits per heavy atom. The van der Waals surface area contributed by atoms with E-state index in [1.54, 1.807) is 16.7 Å². The zero-order valence-electron chi connectivity index (χ0n) is 11.7. The van der Waals surface area contributed by atoms with Crippen molar-refractivity contribution in [3.05, 3.63) is 22.1 Å². The molecule has 2 rings (SSSR count). The summed E-state index contributed by atoms with van der Waals surface area (Å²) in [7, 11) is 0. The van der Waals surface area contributed by atoms with E-state index < -0.39 is 0 Å². The second-order valence-electron chi connectivity index (χ2n) is 4.51. The number of likely N-dealkylation sites (N-methyl/N-ethyl adjacent to an activating group) is 1. The van der Waals surface area contributed by atoms with Crippen LogP contribution in [0.3, 0.4) is 0 Å². The average Bonchev–Trinajstić information content (AvgIpc) is 2.98. The van der Waals surface area contributed by atoms with E-state index in [2.05, 4.69) is 4.90 Å². The molecular formula is C13H17N3O2S3. The molecule has 2 aliphatic heterocycles. The van der Waals surface area contributed by atoms with Gasteiger partial charge in [0.1, 0.15) is 4.32 Å². The molecule has 0 aliphatic carbocycles. The zero-order chi connectivity index (χ0) is 15.4. The Morgan fingerprint density at radius 1 is 1.48 bits per heavy atom. The van der Waals surface area contributed by atoms with Crippen molar-refractivity contribution < 1.29 is 9.59 Å². The highest BCUT2D eigenvalue weighted by atomic mass is 32.2. The minimum absolute atomic E-state index is 0.0315. The van der Waals surface area contributed by atoms with Crippen molar-refractivity contribution in [1.29, 1.82) is 0 Å². The second-order valence-corrected chi connectivity index (χ2v) is 7.30. The first-order valence-electron chi connectivity index (χ1n) is 6.64. The number of amides is 2. The van der Waals surface area contributed by atoms with Crippen LogP contribution >= 0.6 is 35.7 Å². The van der Waals surface area contributed by atoms with Gasteiger partial charge in [0, 0.05) is 31.8 Å². The topological polar surface area (TPSA) is 66.6 Å². The van der Waals surface area contributed by atoms with Gasteiger partial charge in [-0.05, 0) is 19.1 Å². The summed E-state index contributed by atoms with van der Waals surface area (Å²) in [6, 6.07) is 0. The lowest BCUT2D eigenvalue weighted by atomic mass is 10.3. The fourth-order valence-corrected chi connectivity index (χ4v) is 4.39. The van der Waals surface area contributed by atoms with Crippen molar-refractivity contribution in [3.63, 3.8) is 0 Å². The van der Waals surface area contributed by atoms with E-state index in [1.165, 1.54) is 11.8 Å². The van der Waals surface area contributed by atoms with Crippen LogP contribution in [0.1, 0.15) is 13.3 Å². The van der Waals surface area contributed by atoms with Crippen molar-refractivity contribution in [2.24, 2.45) is 5.73 Å². The maximum atomic E-state index is 12.1. The summed E-state index contributed by atoms with van der Waals surface area (Å²) in [5, 5.41) is 1.07. The maximum Gasteiger partial charge on any atom is 0.266 e. The highest BCUT2D eigenvalue weighted by Gasteiger charge is 2.30. The third kappa shape index (κ3) is 4.02. The smallest absolute Gasteiger partial charge is 0.266 e. The Balaban J connectivity index is 2.05. The number of rotatable bonds is 5. The predicted octanol–water partition coefficient (Wildman–Crippen LogP) is 1.52. The summed E-state index contributed by atoms with van der Waals surface area (Å²) in [4.78, 5) is 27.3. The summed E-state index contributed by atoms with van der Waals surface area (Å²) in [6.45, 7) is 4.02. The van der Waals surface area contributed by atoms with E-state index in [9.17, 15) is 9.59 Å². The zero-order valence-corrected chi connectivity index (χ0v) is 14.2. The van der Waals surface area contributed by atoms with Crippen molar-refractivity contribution in [1.82, 2.24) is 9.80 Å². The lowest BCUT2D eigenvalue weighted by Gasteiger charge is -2.17. The molecule has 2 fully saturated rings. The number of primary amides is 1. The monoisotopic (exact) mass is 343 g/mol. The highest BCUT2D eigenvalue weighted by molar-refractivity contribution is 8.26. The molecule has 2 aliphatic rings. The Kier molecular flexibility index (Phi) is 5.72. The molecule has 2 N–H and O–H groups in total. The summed E-state index contributed by atoms with van der Waals surface area (Å²) < 4.78 is 0.608. The quantitative estimate of drug-likeness (QED) is 0.603. The molecular weight excluding hydrogens is 326 g/mol.